The van der Waals surface area contributed by atoms with Crippen molar-refractivity contribution >= 4 is 34.9 Å². The van der Waals surface area contributed by atoms with Gasteiger partial charge in [0.15, 0.2) is 0 Å². The van der Waals surface area contributed by atoms with E-state index in [0.29, 0.717) is 32.6 Å². The molecule has 4 nitrogen and oxygen atoms in total. The van der Waals surface area contributed by atoms with Gasteiger partial charge in [0.25, 0.3) is 0 Å². The minimum atomic E-state index is -0.951. The van der Waals surface area contributed by atoms with E-state index in [2.05, 4.69) is 4.98 Å². The largest absolute Gasteiger partial charge is 0.481 e. The van der Waals surface area contributed by atoms with E-state index in [1.54, 1.807) is 24.3 Å². The molecule has 0 saturated heterocycles. The van der Waals surface area contributed by atoms with Gasteiger partial charge in [0, 0.05) is 21.8 Å². The second-order valence-electron chi connectivity index (χ2n) is 3.96. The number of benzene rings is 1. The van der Waals surface area contributed by atoms with Crippen molar-refractivity contribution in [2.24, 2.45) is 0 Å². The fraction of sp³-hybridized carbons (Fsp3) is 0.0769. The predicted molar refractivity (Wildman–Crippen MR) is 75.4 cm³/mol. The molecule has 0 aliphatic carbocycles. The fourth-order valence-electron chi connectivity index (χ4n) is 1.75. The van der Waals surface area contributed by atoms with E-state index < -0.39 is 5.97 Å². The van der Waals surface area contributed by atoms with E-state index in [1.807, 2.05) is 0 Å². The number of pyridine rings is 1. The van der Waals surface area contributed by atoms with Gasteiger partial charge in [-0.3, -0.25) is 9.78 Å². The molecule has 0 spiro atoms. The number of hydrogen-bond donors (Lipinski definition) is 2. The molecule has 0 fully saturated rings. The number of aromatic nitrogens is 1. The van der Waals surface area contributed by atoms with Crippen molar-refractivity contribution in [3.63, 3.8) is 0 Å². The van der Waals surface area contributed by atoms with Crippen LogP contribution >= 0.6 is 23.2 Å². The van der Waals surface area contributed by atoms with Gasteiger partial charge in [0.05, 0.1) is 17.8 Å². The summed E-state index contributed by atoms with van der Waals surface area (Å²) >= 11 is 11.9. The first kappa shape index (κ1) is 13.6. The zero-order valence-corrected chi connectivity index (χ0v) is 11.2. The molecule has 2 rings (SSSR count). The first-order chi connectivity index (χ1) is 8.97. The Balaban J connectivity index is 2.53. The molecule has 19 heavy (non-hydrogen) atoms. The molecule has 1 aromatic carbocycles. The van der Waals surface area contributed by atoms with Crippen molar-refractivity contribution in [2.75, 3.05) is 5.73 Å². The maximum absolute atomic E-state index is 10.8. The molecule has 0 aliphatic rings. The number of carboxylic acid groups (broad SMARTS) is 1. The molecule has 6 heteroatoms. The number of nitrogen functional groups attached to an aromatic ring is 1. The minimum absolute atomic E-state index is 0.157. The normalized spacial score (nSPS) is 10.4. The molecule has 1 heterocycles. The minimum Gasteiger partial charge on any atom is -0.481 e. The number of anilines is 1. The molecule has 3 N–H and O–H groups in total. The molecular weight excluding hydrogens is 287 g/mol. The van der Waals surface area contributed by atoms with Gasteiger partial charge < -0.3 is 10.8 Å². The highest BCUT2D eigenvalue weighted by Gasteiger charge is 2.12. The lowest BCUT2D eigenvalue weighted by Crippen LogP contribution is -2.05. The summed E-state index contributed by atoms with van der Waals surface area (Å²) in [6, 6.07) is 6.54. The number of aliphatic carboxylic acids is 1. The summed E-state index contributed by atoms with van der Waals surface area (Å²) in [5.41, 5.74) is 7.91. The van der Waals surface area contributed by atoms with Crippen LogP contribution in [0.3, 0.4) is 0 Å². The Labute approximate surface area is 119 Å². The van der Waals surface area contributed by atoms with Crippen molar-refractivity contribution in [3.05, 3.63) is 46.1 Å². The van der Waals surface area contributed by atoms with Crippen molar-refractivity contribution in [3.8, 4) is 11.3 Å². The van der Waals surface area contributed by atoms with E-state index in [-0.39, 0.29) is 6.42 Å². The third-order valence-electron chi connectivity index (χ3n) is 2.56. The highest BCUT2D eigenvalue weighted by Crippen LogP contribution is 2.31. The average molecular weight is 297 g/mol. The zero-order chi connectivity index (χ0) is 14.0. The summed E-state index contributed by atoms with van der Waals surface area (Å²) < 4.78 is 0. The summed E-state index contributed by atoms with van der Waals surface area (Å²) in [6.45, 7) is 0. The first-order valence-corrected chi connectivity index (χ1v) is 6.14. The van der Waals surface area contributed by atoms with Crippen LogP contribution in [0.2, 0.25) is 10.0 Å². The molecular formula is C13H10Cl2N2O2. The molecule has 1 aromatic heterocycles. The number of carbonyl (C=O) groups is 1. The quantitative estimate of drug-likeness (QED) is 0.911. The van der Waals surface area contributed by atoms with Crippen LogP contribution in [0.4, 0.5) is 5.69 Å². The number of hydrogen-bond acceptors (Lipinski definition) is 3. The second-order valence-corrected chi connectivity index (χ2v) is 4.83. The van der Waals surface area contributed by atoms with Crippen molar-refractivity contribution < 1.29 is 9.90 Å². The number of rotatable bonds is 3. The number of halogens is 2. The van der Waals surface area contributed by atoms with Crippen molar-refractivity contribution in [2.45, 2.75) is 6.42 Å². The van der Waals surface area contributed by atoms with Crippen LogP contribution in [0.15, 0.2) is 30.5 Å². The lowest BCUT2D eigenvalue weighted by molar-refractivity contribution is -0.136. The van der Waals surface area contributed by atoms with E-state index >= 15 is 0 Å². The Kier molecular flexibility index (Phi) is 3.93. The Morgan fingerprint density at radius 1 is 1.26 bits per heavy atom. The Bertz CT molecular complexity index is 624. The van der Waals surface area contributed by atoms with Gasteiger partial charge in [0.1, 0.15) is 0 Å². The third-order valence-corrected chi connectivity index (χ3v) is 2.99. The Morgan fingerprint density at radius 2 is 1.89 bits per heavy atom. The molecule has 2 aromatic rings. The molecule has 0 radical (unpaired) electrons. The first-order valence-electron chi connectivity index (χ1n) is 5.39. The smallest absolute Gasteiger partial charge is 0.307 e. The fourth-order valence-corrected chi connectivity index (χ4v) is 2.28. The monoisotopic (exact) mass is 296 g/mol. The van der Waals surface area contributed by atoms with Crippen LogP contribution in [0.5, 0.6) is 0 Å². The molecule has 0 amide bonds. The number of carboxylic acids is 1. The molecule has 0 unspecified atom stereocenters. The van der Waals surface area contributed by atoms with Crippen LogP contribution < -0.4 is 5.73 Å². The second kappa shape index (κ2) is 5.47. The molecule has 98 valence electrons. The number of nitrogens with two attached hydrogens (primary N) is 1. The third kappa shape index (κ3) is 3.16. The van der Waals surface area contributed by atoms with Gasteiger partial charge >= 0.3 is 5.97 Å². The van der Waals surface area contributed by atoms with Crippen molar-refractivity contribution in [1.29, 1.82) is 0 Å². The lowest BCUT2D eigenvalue weighted by Gasteiger charge is -2.09. The highest BCUT2D eigenvalue weighted by molar-refractivity contribution is 6.35. The summed E-state index contributed by atoms with van der Waals surface area (Å²) in [7, 11) is 0. The standard InChI is InChI=1S/C13H10Cl2N2O2/c14-9-3-8(4-10(15)6-9)13-12(16)7(1-2-17-13)5-11(18)19/h1-4,6H,5,16H2,(H,18,19). The van der Waals surface area contributed by atoms with Gasteiger partial charge in [-0.25, -0.2) is 0 Å². The summed E-state index contributed by atoms with van der Waals surface area (Å²) in [5.74, 6) is -0.951. The lowest BCUT2D eigenvalue weighted by atomic mass is 10.0. The van der Waals surface area contributed by atoms with Crippen LogP contribution in [-0.4, -0.2) is 16.1 Å². The Morgan fingerprint density at radius 3 is 2.47 bits per heavy atom. The highest BCUT2D eigenvalue weighted by atomic mass is 35.5. The molecule has 0 saturated carbocycles. The van der Waals surface area contributed by atoms with Crippen LogP contribution in [0.25, 0.3) is 11.3 Å². The van der Waals surface area contributed by atoms with E-state index in [1.165, 1.54) is 6.20 Å². The zero-order valence-electron chi connectivity index (χ0n) is 9.73. The van der Waals surface area contributed by atoms with E-state index in [4.69, 9.17) is 34.0 Å². The summed E-state index contributed by atoms with van der Waals surface area (Å²) in [4.78, 5) is 14.9. The number of nitrogens with zero attached hydrogens (tertiary/aromatic N) is 1. The van der Waals surface area contributed by atoms with Crippen molar-refractivity contribution in [1.82, 2.24) is 4.98 Å². The van der Waals surface area contributed by atoms with Gasteiger partial charge in [-0.15, -0.1) is 0 Å². The molecule has 0 atom stereocenters. The van der Waals surface area contributed by atoms with Crippen LogP contribution in [0.1, 0.15) is 5.56 Å². The van der Waals surface area contributed by atoms with E-state index in [9.17, 15) is 4.79 Å². The summed E-state index contributed by atoms with van der Waals surface area (Å²) in [5, 5.41) is 9.75. The van der Waals surface area contributed by atoms with Crippen LogP contribution in [-0.2, 0) is 11.2 Å². The maximum atomic E-state index is 10.8. The van der Waals surface area contributed by atoms with Gasteiger partial charge in [-0.2, -0.15) is 0 Å². The Hall–Kier alpha value is -1.78. The van der Waals surface area contributed by atoms with Gasteiger partial charge in [0.2, 0.25) is 0 Å². The topological polar surface area (TPSA) is 76.2 Å². The van der Waals surface area contributed by atoms with E-state index in [0.717, 1.165) is 0 Å². The van der Waals surface area contributed by atoms with Gasteiger partial charge in [-0.1, -0.05) is 23.2 Å². The summed E-state index contributed by atoms with van der Waals surface area (Å²) in [6.07, 6.45) is 1.36. The van der Waals surface area contributed by atoms with Crippen LogP contribution in [0, 0.1) is 0 Å². The predicted octanol–water partition coefficient (Wildman–Crippen LogP) is 3.26. The molecule has 0 bridgehead atoms. The maximum Gasteiger partial charge on any atom is 0.307 e. The molecule has 0 aliphatic heterocycles. The van der Waals surface area contributed by atoms with Gasteiger partial charge in [-0.05, 0) is 29.8 Å². The average Bonchev–Trinajstić information content (AvgIpc) is 2.30. The SMILES string of the molecule is Nc1c(CC(=O)O)ccnc1-c1cc(Cl)cc(Cl)c1.